The Bertz CT molecular complexity index is 987. The molecule has 0 amide bonds. The van der Waals surface area contributed by atoms with Crippen molar-refractivity contribution in [2.24, 2.45) is 4.99 Å². The molecule has 0 aliphatic carbocycles. The Hall–Kier alpha value is -3.42. The average molecular weight is 411 g/mol. The summed E-state index contributed by atoms with van der Waals surface area (Å²) in [4.78, 5) is 8.86. The number of nitrogens with one attached hydrogen (secondary N) is 2. The number of nitrogens with zero attached hydrogens (tertiary/aromatic N) is 3. The summed E-state index contributed by atoms with van der Waals surface area (Å²) in [5.74, 6) is 2.08. The molecule has 2 heterocycles. The maximum Gasteiger partial charge on any atom is 0.224 e. The first-order chi connectivity index (χ1) is 14.5. The standard InChI is InChI=1S/C22H26FN5O2/c1-4-24-22(27-14-19-12-20(15(2)3)28-30-19)26-13-16-7-6-10-25-21(16)29-18-9-5-8-17(23)11-18/h5-12,15H,4,13-14H2,1-3H3,(H2,24,26,27). The number of aromatic nitrogens is 2. The van der Waals surface area contributed by atoms with Gasteiger partial charge in [0.05, 0.1) is 18.8 Å². The van der Waals surface area contributed by atoms with Gasteiger partial charge in [-0.15, -0.1) is 0 Å². The van der Waals surface area contributed by atoms with Crippen molar-refractivity contribution in [2.45, 2.75) is 39.8 Å². The fraction of sp³-hybridized carbons (Fsp3) is 0.318. The van der Waals surface area contributed by atoms with Crippen LogP contribution in [0, 0.1) is 5.82 Å². The van der Waals surface area contributed by atoms with E-state index in [9.17, 15) is 4.39 Å². The van der Waals surface area contributed by atoms with E-state index in [1.54, 1.807) is 18.3 Å². The van der Waals surface area contributed by atoms with E-state index in [-0.39, 0.29) is 5.82 Å². The Balaban J connectivity index is 1.68. The van der Waals surface area contributed by atoms with Gasteiger partial charge in [0.1, 0.15) is 11.6 Å². The van der Waals surface area contributed by atoms with E-state index in [2.05, 4.69) is 39.6 Å². The minimum atomic E-state index is -0.366. The molecule has 0 saturated carbocycles. The Kier molecular flexibility index (Phi) is 7.37. The highest BCUT2D eigenvalue weighted by molar-refractivity contribution is 5.79. The number of hydrogen-bond donors (Lipinski definition) is 2. The van der Waals surface area contributed by atoms with Gasteiger partial charge in [0, 0.05) is 30.4 Å². The smallest absolute Gasteiger partial charge is 0.224 e. The molecule has 3 aromatic rings. The maximum atomic E-state index is 13.4. The van der Waals surface area contributed by atoms with Crippen molar-refractivity contribution in [3.8, 4) is 11.6 Å². The molecule has 0 unspecified atom stereocenters. The summed E-state index contributed by atoms with van der Waals surface area (Å²) in [5, 5.41) is 10.5. The van der Waals surface area contributed by atoms with E-state index < -0.39 is 0 Å². The van der Waals surface area contributed by atoms with Gasteiger partial charge in [-0.05, 0) is 31.0 Å². The monoisotopic (exact) mass is 411 g/mol. The van der Waals surface area contributed by atoms with E-state index in [0.717, 1.165) is 17.0 Å². The van der Waals surface area contributed by atoms with E-state index in [1.807, 2.05) is 25.1 Å². The molecule has 0 saturated heterocycles. The summed E-state index contributed by atoms with van der Waals surface area (Å²) < 4.78 is 24.5. The lowest BCUT2D eigenvalue weighted by Gasteiger charge is -2.11. The van der Waals surface area contributed by atoms with Crippen LogP contribution in [0.25, 0.3) is 0 Å². The quantitative estimate of drug-likeness (QED) is 0.423. The predicted octanol–water partition coefficient (Wildman–Crippen LogP) is 4.38. The number of ether oxygens (including phenoxy) is 1. The van der Waals surface area contributed by atoms with Crippen LogP contribution in [0.5, 0.6) is 11.6 Å². The lowest BCUT2D eigenvalue weighted by Crippen LogP contribution is -2.36. The SMILES string of the molecule is CCNC(=NCc1cccnc1Oc1cccc(F)c1)NCc1cc(C(C)C)no1. The summed E-state index contributed by atoms with van der Waals surface area (Å²) in [5.41, 5.74) is 1.70. The summed E-state index contributed by atoms with van der Waals surface area (Å²) in [7, 11) is 0. The molecule has 7 nitrogen and oxygen atoms in total. The van der Waals surface area contributed by atoms with Crippen molar-refractivity contribution in [3.63, 3.8) is 0 Å². The van der Waals surface area contributed by atoms with Gasteiger partial charge in [-0.3, -0.25) is 0 Å². The number of hydrogen-bond acceptors (Lipinski definition) is 5. The molecular weight excluding hydrogens is 385 g/mol. The van der Waals surface area contributed by atoms with E-state index in [4.69, 9.17) is 9.26 Å². The normalized spacial score (nSPS) is 11.6. The zero-order valence-corrected chi connectivity index (χ0v) is 17.4. The molecule has 0 spiro atoms. The Morgan fingerprint density at radius 2 is 2.07 bits per heavy atom. The highest BCUT2D eigenvalue weighted by atomic mass is 19.1. The van der Waals surface area contributed by atoms with Gasteiger partial charge in [0.2, 0.25) is 5.88 Å². The van der Waals surface area contributed by atoms with Crippen LogP contribution in [-0.4, -0.2) is 22.6 Å². The van der Waals surface area contributed by atoms with Crippen LogP contribution in [0.2, 0.25) is 0 Å². The molecule has 2 N–H and O–H groups in total. The molecule has 0 atom stereocenters. The first-order valence-electron chi connectivity index (χ1n) is 9.90. The number of pyridine rings is 1. The summed E-state index contributed by atoms with van der Waals surface area (Å²) in [6, 6.07) is 11.6. The number of halogens is 1. The van der Waals surface area contributed by atoms with Gasteiger partial charge in [-0.1, -0.05) is 31.1 Å². The topological polar surface area (TPSA) is 84.6 Å². The fourth-order valence-corrected chi connectivity index (χ4v) is 2.64. The molecule has 2 aromatic heterocycles. The second kappa shape index (κ2) is 10.4. The van der Waals surface area contributed by atoms with Crippen LogP contribution in [-0.2, 0) is 13.1 Å². The second-order valence-corrected chi connectivity index (χ2v) is 6.95. The van der Waals surface area contributed by atoms with Gasteiger partial charge < -0.3 is 19.9 Å². The first kappa shape index (κ1) is 21.3. The van der Waals surface area contributed by atoms with Crippen molar-refractivity contribution in [1.29, 1.82) is 0 Å². The third-order valence-corrected chi connectivity index (χ3v) is 4.21. The summed E-state index contributed by atoms with van der Waals surface area (Å²) in [6.45, 7) is 7.63. The highest BCUT2D eigenvalue weighted by Gasteiger charge is 2.10. The largest absolute Gasteiger partial charge is 0.439 e. The third-order valence-electron chi connectivity index (χ3n) is 4.21. The predicted molar refractivity (Wildman–Crippen MR) is 113 cm³/mol. The van der Waals surface area contributed by atoms with Crippen molar-refractivity contribution < 1.29 is 13.7 Å². The van der Waals surface area contributed by atoms with E-state index >= 15 is 0 Å². The fourth-order valence-electron chi connectivity index (χ4n) is 2.64. The molecule has 158 valence electrons. The van der Waals surface area contributed by atoms with Gasteiger partial charge in [0.25, 0.3) is 0 Å². The zero-order valence-electron chi connectivity index (χ0n) is 17.4. The molecule has 0 radical (unpaired) electrons. The van der Waals surface area contributed by atoms with Crippen molar-refractivity contribution in [2.75, 3.05) is 6.54 Å². The van der Waals surface area contributed by atoms with Crippen LogP contribution < -0.4 is 15.4 Å². The number of rotatable bonds is 8. The second-order valence-electron chi connectivity index (χ2n) is 6.95. The van der Waals surface area contributed by atoms with Crippen molar-refractivity contribution >= 4 is 5.96 Å². The molecule has 0 aliphatic heterocycles. The van der Waals surface area contributed by atoms with E-state index in [1.165, 1.54) is 12.1 Å². The van der Waals surface area contributed by atoms with E-state index in [0.29, 0.717) is 43.1 Å². The Morgan fingerprint density at radius 1 is 1.20 bits per heavy atom. The van der Waals surface area contributed by atoms with Gasteiger partial charge in [-0.2, -0.15) is 0 Å². The van der Waals surface area contributed by atoms with Crippen LogP contribution in [0.4, 0.5) is 4.39 Å². The Labute approximate surface area is 175 Å². The number of guanidine groups is 1. The number of benzene rings is 1. The summed E-state index contributed by atoms with van der Waals surface area (Å²) >= 11 is 0. The average Bonchev–Trinajstić information content (AvgIpc) is 3.20. The molecular formula is C22H26FN5O2. The van der Waals surface area contributed by atoms with Crippen LogP contribution in [0.3, 0.4) is 0 Å². The van der Waals surface area contributed by atoms with Crippen LogP contribution in [0.15, 0.2) is 58.2 Å². The molecule has 0 fully saturated rings. The van der Waals surface area contributed by atoms with Crippen molar-refractivity contribution in [1.82, 2.24) is 20.8 Å². The third kappa shape index (κ3) is 6.04. The molecule has 8 heteroatoms. The molecule has 0 aliphatic rings. The van der Waals surface area contributed by atoms with Crippen LogP contribution in [0.1, 0.15) is 43.7 Å². The number of aliphatic imine (C=N–C) groups is 1. The zero-order chi connectivity index (χ0) is 21.3. The minimum absolute atomic E-state index is 0.312. The van der Waals surface area contributed by atoms with Crippen LogP contribution >= 0.6 is 0 Å². The molecule has 0 bridgehead atoms. The summed E-state index contributed by atoms with van der Waals surface area (Å²) in [6.07, 6.45) is 1.63. The molecule has 3 rings (SSSR count). The van der Waals surface area contributed by atoms with Gasteiger partial charge >= 0.3 is 0 Å². The molecule has 1 aromatic carbocycles. The lowest BCUT2D eigenvalue weighted by molar-refractivity contribution is 0.372. The highest BCUT2D eigenvalue weighted by Crippen LogP contribution is 2.24. The van der Waals surface area contributed by atoms with Crippen molar-refractivity contribution in [3.05, 3.63) is 71.5 Å². The minimum Gasteiger partial charge on any atom is -0.439 e. The first-order valence-corrected chi connectivity index (χ1v) is 9.90. The lowest BCUT2D eigenvalue weighted by atomic mass is 10.1. The Morgan fingerprint density at radius 3 is 2.80 bits per heavy atom. The molecule has 30 heavy (non-hydrogen) atoms. The van der Waals surface area contributed by atoms with Gasteiger partial charge in [0.15, 0.2) is 11.7 Å². The van der Waals surface area contributed by atoms with Gasteiger partial charge in [-0.25, -0.2) is 14.4 Å². The maximum absolute atomic E-state index is 13.4.